The number of nitrogens with one attached hydrogen (secondary N) is 1. The van der Waals surface area contributed by atoms with Gasteiger partial charge in [-0.3, -0.25) is 4.79 Å². The number of halogens is 2. The predicted octanol–water partition coefficient (Wildman–Crippen LogP) is 4.60. The molecule has 0 unspecified atom stereocenters. The summed E-state index contributed by atoms with van der Waals surface area (Å²) in [4.78, 5) is 14.8. The molecule has 4 aromatic rings. The number of hydrogen-bond donors (Lipinski definition) is 2. The van der Waals surface area contributed by atoms with Crippen molar-refractivity contribution in [1.82, 2.24) is 5.32 Å². The second-order valence-electron chi connectivity index (χ2n) is 9.30. The minimum Gasteiger partial charge on any atom is -0.455 e. The van der Waals surface area contributed by atoms with E-state index in [1.54, 1.807) is 19.2 Å². The molecular weight excluding hydrogens is 465 g/mol. The van der Waals surface area contributed by atoms with Crippen molar-refractivity contribution in [1.29, 1.82) is 0 Å². The summed E-state index contributed by atoms with van der Waals surface area (Å²) in [6.45, 7) is 0.137. The third-order valence-corrected chi connectivity index (χ3v) is 7.01. The first kappa shape index (κ1) is 22.8. The molecule has 1 aliphatic carbocycles. The van der Waals surface area contributed by atoms with Crippen molar-refractivity contribution in [2.75, 3.05) is 19.0 Å². The molecule has 6 nitrogen and oxygen atoms in total. The predicted molar refractivity (Wildman–Crippen MR) is 134 cm³/mol. The van der Waals surface area contributed by atoms with Crippen LogP contribution in [0.1, 0.15) is 40.2 Å². The van der Waals surface area contributed by atoms with Gasteiger partial charge in [0.2, 0.25) is 0 Å². The second kappa shape index (κ2) is 8.46. The van der Waals surface area contributed by atoms with Gasteiger partial charge in [0, 0.05) is 47.9 Å². The van der Waals surface area contributed by atoms with Gasteiger partial charge in [-0.15, -0.1) is 0 Å². The molecule has 3 aromatic carbocycles. The Balaban J connectivity index is 1.52. The number of hydrogen-bond acceptors (Lipinski definition) is 5. The fourth-order valence-corrected chi connectivity index (χ4v) is 4.96. The van der Waals surface area contributed by atoms with Gasteiger partial charge < -0.3 is 24.3 Å². The standard InChI is InChI=1S/C27H23BF2N2O4/c1-31-27(33)24-20-11-19(14-3-4-14)22(12-23(20)36-26(24)15-5-7-17(29)8-6-15)32(2)18-9-16-13-35-28(34)25(16)21(30)10-18/h5-12,14,34H,3-4,13H2,1-2H3,(H,31,33). The molecule has 6 rings (SSSR count). The molecule has 1 aromatic heterocycles. The summed E-state index contributed by atoms with van der Waals surface area (Å²) in [6.07, 6.45) is 2.03. The SMILES string of the molecule is CNC(=O)c1c(-c2ccc(F)cc2)oc2cc(N(C)c3cc(F)c4c(c3)COB4O)c(C3CC3)cc12. The zero-order valence-corrected chi connectivity index (χ0v) is 19.8. The normalized spacial score (nSPS) is 14.9. The average molecular weight is 488 g/mol. The van der Waals surface area contributed by atoms with Crippen molar-refractivity contribution < 1.29 is 27.7 Å². The molecule has 1 amide bonds. The molecule has 0 spiro atoms. The zero-order valence-electron chi connectivity index (χ0n) is 19.8. The largest absolute Gasteiger partial charge is 0.494 e. The average Bonchev–Trinajstić information content (AvgIpc) is 3.56. The quantitative estimate of drug-likeness (QED) is 0.402. The maximum absolute atomic E-state index is 14.8. The lowest BCUT2D eigenvalue weighted by atomic mass is 9.79. The maximum atomic E-state index is 14.8. The lowest BCUT2D eigenvalue weighted by molar-refractivity contribution is 0.0964. The molecule has 182 valence electrons. The van der Waals surface area contributed by atoms with E-state index in [0.717, 1.165) is 24.1 Å². The molecule has 36 heavy (non-hydrogen) atoms. The van der Waals surface area contributed by atoms with E-state index in [1.165, 1.54) is 18.2 Å². The molecule has 1 fully saturated rings. The third-order valence-electron chi connectivity index (χ3n) is 7.01. The minimum absolute atomic E-state index is 0.137. The van der Waals surface area contributed by atoms with Gasteiger partial charge in [-0.2, -0.15) is 0 Å². The van der Waals surface area contributed by atoms with Crippen LogP contribution in [-0.2, 0) is 11.3 Å². The number of carbonyl (C=O) groups is 1. The number of carbonyl (C=O) groups excluding carboxylic acids is 1. The first-order valence-corrected chi connectivity index (χ1v) is 11.8. The van der Waals surface area contributed by atoms with E-state index in [1.807, 2.05) is 30.1 Å². The van der Waals surface area contributed by atoms with Crippen LogP contribution in [0.5, 0.6) is 0 Å². The molecule has 0 saturated heterocycles. The Morgan fingerprint density at radius 3 is 2.58 bits per heavy atom. The van der Waals surface area contributed by atoms with Crippen molar-refractivity contribution in [3.63, 3.8) is 0 Å². The van der Waals surface area contributed by atoms with Crippen LogP contribution in [0.15, 0.2) is 52.9 Å². The smallest absolute Gasteiger partial charge is 0.455 e. The van der Waals surface area contributed by atoms with Crippen molar-refractivity contribution >= 4 is 40.8 Å². The number of rotatable bonds is 5. The van der Waals surface area contributed by atoms with Crippen molar-refractivity contribution in [3.8, 4) is 11.3 Å². The van der Waals surface area contributed by atoms with Gasteiger partial charge in [-0.1, -0.05) is 0 Å². The number of fused-ring (bicyclic) bond motifs is 2. The van der Waals surface area contributed by atoms with Crippen LogP contribution in [0.2, 0.25) is 0 Å². The van der Waals surface area contributed by atoms with Crippen LogP contribution in [0.4, 0.5) is 20.2 Å². The molecule has 9 heteroatoms. The molecule has 1 saturated carbocycles. The van der Waals surface area contributed by atoms with E-state index in [0.29, 0.717) is 45.0 Å². The van der Waals surface area contributed by atoms with Gasteiger partial charge in [-0.25, -0.2) is 8.78 Å². The molecule has 0 bridgehead atoms. The van der Waals surface area contributed by atoms with Crippen LogP contribution in [-0.4, -0.2) is 32.1 Å². The fraction of sp³-hybridized carbons (Fsp3) is 0.222. The summed E-state index contributed by atoms with van der Waals surface area (Å²) in [5.41, 5.74) is 4.76. The van der Waals surface area contributed by atoms with E-state index in [4.69, 9.17) is 9.07 Å². The molecule has 0 radical (unpaired) electrons. The zero-order chi connectivity index (χ0) is 25.1. The molecule has 0 atom stereocenters. The van der Waals surface area contributed by atoms with Gasteiger partial charge in [-0.05, 0) is 72.4 Å². The Labute approximate surface area is 206 Å². The van der Waals surface area contributed by atoms with Gasteiger partial charge in [0.05, 0.1) is 12.2 Å². The number of furan rings is 1. The Kier molecular flexibility index (Phi) is 5.35. The van der Waals surface area contributed by atoms with E-state index in [-0.39, 0.29) is 23.8 Å². The van der Waals surface area contributed by atoms with Gasteiger partial charge >= 0.3 is 7.12 Å². The second-order valence-corrected chi connectivity index (χ2v) is 9.30. The number of anilines is 2. The van der Waals surface area contributed by atoms with Crippen LogP contribution in [0.25, 0.3) is 22.3 Å². The van der Waals surface area contributed by atoms with Crippen LogP contribution < -0.4 is 15.7 Å². The lowest BCUT2D eigenvalue weighted by Gasteiger charge is -2.24. The molecule has 2 N–H and O–H groups in total. The van der Waals surface area contributed by atoms with Crippen LogP contribution in [0.3, 0.4) is 0 Å². The van der Waals surface area contributed by atoms with Crippen LogP contribution >= 0.6 is 0 Å². The highest BCUT2D eigenvalue weighted by molar-refractivity contribution is 6.61. The lowest BCUT2D eigenvalue weighted by Crippen LogP contribution is -2.31. The topological polar surface area (TPSA) is 74.9 Å². The summed E-state index contributed by atoms with van der Waals surface area (Å²) < 4.78 is 39.8. The van der Waals surface area contributed by atoms with Crippen molar-refractivity contribution in [3.05, 3.63) is 76.9 Å². The Morgan fingerprint density at radius 2 is 1.89 bits per heavy atom. The molecule has 2 heterocycles. The summed E-state index contributed by atoms with van der Waals surface area (Å²) in [5.74, 6) is -0.517. The first-order chi connectivity index (χ1) is 17.4. The highest BCUT2D eigenvalue weighted by Gasteiger charge is 2.34. The Bertz CT molecular complexity index is 1510. The van der Waals surface area contributed by atoms with Gasteiger partial charge in [0.1, 0.15) is 23.0 Å². The van der Waals surface area contributed by atoms with Crippen molar-refractivity contribution in [2.24, 2.45) is 0 Å². The minimum atomic E-state index is -1.26. The molecular formula is C27H23BF2N2O4. The summed E-state index contributed by atoms with van der Waals surface area (Å²) in [6, 6.07) is 12.9. The number of amides is 1. The summed E-state index contributed by atoms with van der Waals surface area (Å²) >= 11 is 0. The van der Waals surface area contributed by atoms with E-state index in [2.05, 4.69) is 5.32 Å². The monoisotopic (exact) mass is 488 g/mol. The molecule has 1 aliphatic heterocycles. The van der Waals surface area contributed by atoms with E-state index >= 15 is 0 Å². The third kappa shape index (κ3) is 3.66. The Morgan fingerprint density at radius 1 is 1.14 bits per heavy atom. The maximum Gasteiger partial charge on any atom is 0.494 e. The first-order valence-electron chi connectivity index (χ1n) is 11.8. The molecule has 2 aliphatic rings. The highest BCUT2D eigenvalue weighted by Crippen LogP contribution is 2.48. The van der Waals surface area contributed by atoms with E-state index in [9.17, 15) is 18.6 Å². The number of benzene rings is 3. The number of nitrogens with zero attached hydrogens (tertiary/aromatic N) is 1. The Hall–Kier alpha value is -3.69. The van der Waals surface area contributed by atoms with Gasteiger partial charge in [0.25, 0.3) is 5.91 Å². The highest BCUT2D eigenvalue weighted by atomic mass is 19.1. The van der Waals surface area contributed by atoms with Gasteiger partial charge in [0.15, 0.2) is 0 Å². The van der Waals surface area contributed by atoms with Crippen LogP contribution in [0, 0.1) is 11.6 Å². The summed E-state index contributed by atoms with van der Waals surface area (Å²) in [7, 11) is 2.15. The van der Waals surface area contributed by atoms with Crippen molar-refractivity contribution in [2.45, 2.75) is 25.4 Å². The summed E-state index contributed by atoms with van der Waals surface area (Å²) in [5, 5.41) is 13.3. The van der Waals surface area contributed by atoms with E-state index < -0.39 is 12.9 Å². The fourth-order valence-electron chi connectivity index (χ4n) is 4.96.